The van der Waals surface area contributed by atoms with Crippen molar-refractivity contribution in [2.45, 2.75) is 38.5 Å². The molecule has 0 unspecified atom stereocenters. The molecule has 2 fully saturated rings. The molecule has 0 aliphatic carbocycles. The van der Waals surface area contributed by atoms with E-state index >= 15 is 0 Å². The summed E-state index contributed by atoms with van der Waals surface area (Å²) in [4.78, 5) is 6.79. The van der Waals surface area contributed by atoms with Gasteiger partial charge in [-0.2, -0.15) is 4.98 Å². The number of hydrogen-bond donors (Lipinski definition) is 0. The van der Waals surface area contributed by atoms with Crippen molar-refractivity contribution in [1.82, 2.24) is 15.0 Å². The molecule has 6 nitrogen and oxygen atoms in total. The van der Waals surface area contributed by atoms with Crippen LogP contribution in [0.1, 0.15) is 36.2 Å². The summed E-state index contributed by atoms with van der Waals surface area (Å²) in [7, 11) is 1.69. The number of aryl methyl sites for hydroxylation is 1. The first kappa shape index (κ1) is 15.6. The summed E-state index contributed by atoms with van der Waals surface area (Å²) in [5, 5.41) is 3.88. The molecule has 6 heteroatoms. The predicted molar refractivity (Wildman–Crippen MR) is 87.6 cm³/mol. The summed E-state index contributed by atoms with van der Waals surface area (Å²) in [6.45, 7) is 4.85. The van der Waals surface area contributed by atoms with Gasteiger partial charge in [0, 0.05) is 13.1 Å². The molecule has 0 N–H and O–H groups in total. The van der Waals surface area contributed by atoms with Gasteiger partial charge < -0.3 is 14.0 Å². The Hall–Kier alpha value is -1.92. The zero-order valence-corrected chi connectivity index (χ0v) is 14.1. The van der Waals surface area contributed by atoms with Crippen LogP contribution in [0.2, 0.25) is 0 Å². The van der Waals surface area contributed by atoms with Crippen molar-refractivity contribution in [2.75, 3.05) is 20.2 Å². The molecule has 3 heterocycles. The Morgan fingerprint density at radius 1 is 1.29 bits per heavy atom. The van der Waals surface area contributed by atoms with E-state index in [4.69, 9.17) is 14.0 Å². The second-order valence-electron chi connectivity index (χ2n) is 6.71. The predicted octanol–water partition coefficient (Wildman–Crippen LogP) is 2.74. The van der Waals surface area contributed by atoms with E-state index in [9.17, 15) is 0 Å². The molecule has 4 rings (SSSR count). The zero-order chi connectivity index (χ0) is 16.5. The highest BCUT2D eigenvalue weighted by Gasteiger charge is 2.41. The number of ether oxygens (including phenoxy) is 2. The van der Waals surface area contributed by atoms with Crippen LogP contribution >= 0.6 is 0 Å². The molecule has 3 atom stereocenters. The zero-order valence-electron chi connectivity index (χ0n) is 14.1. The van der Waals surface area contributed by atoms with Crippen LogP contribution < -0.4 is 4.74 Å². The van der Waals surface area contributed by atoms with E-state index in [0.29, 0.717) is 17.6 Å². The normalized spacial score (nSPS) is 27.2. The molecule has 0 bridgehead atoms. The Morgan fingerprint density at radius 3 is 2.83 bits per heavy atom. The maximum atomic E-state index is 6.21. The van der Waals surface area contributed by atoms with E-state index in [1.54, 1.807) is 7.11 Å². The van der Waals surface area contributed by atoms with E-state index in [0.717, 1.165) is 38.2 Å². The Labute approximate surface area is 141 Å². The number of hydrogen-bond acceptors (Lipinski definition) is 6. The van der Waals surface area contributed by atoms with Crippen molar-refractivity contribution < 1.29 is 14.0 Å². The van der Waals surface area contributed by atoms with Crippen molar-refractivity contribution >= 4 is 0 Å². The lowest BCUT2D eigenvalue weighted by molar-refractivity contribution is -0.0189. The van der Waals surface area contributed by atoms with E-state index in [1.165, 1.54) is 5.56 Å². The van der Waals surface area contributed by atoms with Crippen LogP contribution in [-0.4, -0.2) is 41.3 Å². The largest absolute Gasteiger partial charge is 0.497 e. The number of piperidine rings is 1. The third-order valence-electron chi connectivity index (χ3n) is 5.02. The van der Waals surface area contributed by atoms with Crippen molar-refractivity contribution in [2.24, 2.45) is 5.92 Å². The highest BCUT2D eigenvalue weighted by Crippen LogP contribution is 2.40. The topological polar surface area (TPSA) is 60.6 Å². The van der Waals surface area contributed by atoms with Crippen LogP contribution in [0.15, 0.2) is 28.8 Å². The summed E-state index contributed by atoms with van der Waals surface area (Å²) in [6.07, 6.45) is 2.36. The van der Waals surface area contributed by atoms with Crippen LogP contribution in [0.5, 0.6) is 5.75 Å². The molecule has 0 amide bonds. The second kappa shape index (κ2) is 6.53. The van der Waals surface area contributed by atoms with E-state index in [-0.39, 0.29) is 12.2 Å². The lowest BCUT2D eigenvalue weighted by Crippen LogP contribution is -2.41. The third-order valence-corrected chi connectivity index (χ3v) is 5.02. The lowest BCUT2D eigenvalue weighted by Gasteiger charge is -2.34. The number of rotatable bonds is 4. The molecule has 2 saturated heterocycles. The van der Waals surface area contributed by atoms with Crippen LogP contribution in [0, 0.1) is 12.8 Å². The fraction of sp³-hybridized carbons (Fsp3) is 0.556. The quantitative estimate of drug-likeness (QED) is 0.859. The van der Waals surface area contributed by atoms with Crippen LogP contribution in [0.3, 0.4) is 0 Å². The Bertz CT molecular complexity index is 685. The van der Waals surface area contributed by atoms with Crippen molar-refractivity contribution in [3.05, 3.63) is 41.5 Å². The third kappa shape index (κ3) is 3.16. The SMILES string of the molecule is COc1ccc(CN2CC[C@H]3C[C@H](c4nc(C)no4)O[C@@H]3C2)cc1. The summed E-state index contributed by atoms with van der Waals surface area (Å²) >= 11 is 0. The van der Waals surface area contributed by atoms with E-state index < -0.39 is 0 Å². The molecule has 0 saturated carbocycles. The average molecular weight is 329 g/mol. The van der Waals surface area contributed by atoms with Gasteiger partial charge in [0.25, 0.3) is 5.89 Å². The molecule has 1 aromatic carbocycles. The van der Waals surface area contributed by atoms with Gasteiger partial charge in [-0.25, -0.2) is 0 Å². The molecule has 0 radical (unpaired) electrons. The number of aromatic nitrogens is 2. The van der Waals surface area contributed by atoms with Crippen LogP contribution in [-0.2, 0) is 11.3 Å². The Balaban J connectivity index is 1.36. The number of likely N-dealkylation sites (tertiary alicyclic amines) is 1. The first-order valence-corrected chi connectivity index (χ1v) is 8.52. The smallest absolute Gasteiger partial charge is 0.255 e. The van der Waals surface area contributed by atoms with Crippen molar-refractivity contribution in [3.63, 3.8) is 0 Å². The van der Waals surface area contributed by atoms with Gasteiger partial charge in [-0.05, 0) is 49.9 Å². The Kier molecular flexibility index (Phi) is 4.24. The van der Waals surface area contributed by atoms with Crippen LogP contribution in [0.25, 0.3) is 0 Å². The second-order valence-corrected chi connectivity index (χ2v) is 6.71. The maximum absolute atomic E-state index is 6.21. The number of fused-ring (bicyclic) bond motifs is 1. The van der Waals surface area contributed by atoms with E-state index in [1.807, 2.05) is 19.1 Å². The fourth-order valence-electron chi connectivity index (χ4n) is 3.73. The summed E-state index contributed by atoms with van der Waals surface area (Å²) < 4.78 is 16.7. The maximum Gasteiger partial charge on any atom is 0.255 e. The molecular formula is C18H23N3O3. The first-order chi connectivity index (χ1) is 11.7. The molecule has 2 aliphatic rings. The molecule has 2 aromatic rings. The first-order valence-electron chi connectivity index (χ1n) is 8.52. The van der Waals surface area contributed by atoms with Gasteiger partial charge in [0.1, 0.15) is 11.9 Å². The number of benzene rings is 1. The van der Waals surface area contributed by atoms with Gasteiger partial charge in [-0.3, -0.25) is 4.90 Å². The minimum Gasteiger partial charge on any atom is -0.497 e. The monoisotopic (exact) mass is 329 g/mol. The molecule has 24 heavy (non-hydrogen) atoms. The summed E-state index contributed by atoms with van der Waals surface area (Å²) in [6, 6.07) is 8.29. The molecule has 128 valence electrons. The molecule has 1 aromatic heterocycles. The summed E-state index contributed by atoms with van der Waals surface area (Å²) in [5.41, 5.74) is 1.30. The minimum atomic E-state index is -0.0397. The van der Waals surface area contributed by atoms with Crippen molar-refractivity contribution in [1.29, 1.82) is 0 Å². The highest BCUT2D eigenvalue weighted by molar-refractivity contribution is 5.27. The van der Waals surface area contributed by atoms with Gasteiger partial charge >= 0.3 is 0 Å². The molecule has 2 aliphatic heterocycles. The number of methoxy groups -OCH3 is 1. The minimum absolute atomic E-state index is 0.0397. The van der Waals surface area contributed by atoms with Crippen molar-refractivity contribution in [3.8, 4) is 5.75 Å². The van der Waals surface area contributed by atoms with Gasteiger partial charge in [0.2, 0.25) is 0 Å². The van der Waals surface area contributed by atoms with Gasteiger partial charge in [0.15, 0.2) is 5.82 Å². The molecular weight excluding hydrogens is 306 g/mol. The van der Waals surface area contributed by atoms with Gasteiger partial charge in [-0.1, -0.05) is 17.3 Å². The van der Waals surface area contributed by atoms with Gasteiger partial charge in [-0.15, -0.1) is 0 Å². The van der Waals surface area contributed by atoms with Crippen LogP contribution in [0.4, 0.5) is 0 Å². The average Bonchev–Trinajstić information content (AvgIpc) is 3.21. The van der Waals surface area contributed by atoms with Gasteiger partial charge in [0.05, 0.1) is 13.2 Å². The Morgan fingerprint density at radius 2 is 2.12 bits per heavy atom. The van der Waals surface area contributed by atoms with E-state index in [2.05, 4.69) is 27.2 Å². The highest BCUT2D eigenvalue weighted by atomic mass is 16.5. The molecule has 0 spiro atoms. The number of nitrogens with zero attached hydrogens (tertiary/aromatic N) is 3. The standard InChI is InChI=1S/C18H23N3O3/c1-12-19-18(24-20-12)16-9-14-7-8-21(11-17(14)23-16)10-13-3-5-15(22-2)6-4-13/h3-6,14,16-17H,7-11H2,1-2H3/t14-,16+,17+/m0/s1. The summed E-state index contributed by atoms with van der Waals surface area (Å²) in [5.74, 6) is 2.79. The fourth-order valence-corrected chi connectivity index (χ4v) is 3.73. The lowest BCUT2D eigenvalue weighted by atomic mass is 9.91.